The van der Waals surface area contributed by atoms with Crippen LogP contribution in [0.2, 0.25) is 0 Å². The fourth-order valence-electron chi connectivity index (χ4n) is 5.26. The van der Waals surface area contributed by atoms with Crippen molar-refractivity contribution < 1.29 is 37.3 Å². The van der Waals surface area contributed by atoms with Crippen LogP contribution in [0.1, 0.15) is 0 Å². The Hall–Kier alpha value is -5.80. The molecule has 2 aromatic heterocycles. The van der Waals surface area contributed by atoms with Gasteiger partial charge in [-0.3, -0.25) is 24.6 Å². The molecule has 5 aromatic rings. The molecule has 1 fully saturated rings. The zero-order chi connectivity index (χ0) is 34.5. The maximum Gasteiger partial charge on any atom is 0.417 e. The Morgan fingerprint density at radius 3 is 2.33 bits per heavy atom. The summed E-state index contributed by atoms with van der Waals surface area (Å²) in [5.74, 6) is -0.784. The number of rotatable bonds is 10. The lowest BCUT2D eigenvalue weighted by molar-refractivity contribution is 0.0362. The van der Waals surface area contributed by atoms with E-state index >= 15 is 4.39 Å². The number of pyridine rings is 1. The molecule has 1 amide bonds. The van der Waals surface area contributed by atoms with E-state index in [1.165, 1.54) is 49.2 Å². The molecule has 3 aromatic carbocycles. The van der Waals surface area contributed by atoms with Gasteiger partial charge in [-0.15, -0.1) is 0 Å². The van der Waals surface area contributed by atoms with Gasteiger partial charge in [0.1, 0.15) is 11.6 Å². The monoisotopic (exact) mass is 675 g/mol. The number of hydrogen-bond donors (Lipinski definition) is 1. The van der Waals surface area contributed by atoms with Crippen molar-refractivity contribution in [2.75, 3.05) is 52.4 Å². The minimum Gasteiger partial charge on any atom is -0.493 e. The van der Waals surface area contributed by atoms with Gasteiger partial charge in [0.05, 0.1) is 44.8 Å². The molecule has 1 N–H and O–H groups in total. The molecule has 254 valence electrons. The maximum atomic E-state index is 15.2. The van der Waals surface area contributed by atoms with Crippen molar-refractivity contribution >= 4 is 22.7 Å². The minimum atomic E-state index is -1.12. The molecule has 6 rings (SSSR count). The first-order valence-electron chi connectivity index (χ1n) is 15.1. The van der Waals surface area contributed by atoms with Crippen molar-refractivity contribution in [1.82, 2.24) is 19.0 Å². The van der Waals surface area contributed by atoms with E-state index < -0.39 is 34.7 Å². The van der Waals surface area contributed by atoms with Crippen LogP contribution in [0.4, 0.5) is 19.3 Å². The largest absolute Gasteiger partial charge is 0.493 e. The standard InChI is InChI=1S/C34H31F2N5O8/c1-45-29-18-24-26(19-30(29)46-2)37-10-9-27(24)48-28-8-5-22(17-25(28)36)38-33(43)49-31-20-40(12-11-39-13-15-47-16-14-39)34(44)41(32(31)42)23-6-3-21(35)4-7-23/h3-10,17-20H,11-16H2,1-2H3,(H,38,43). The summed E-state index contributed by atoms with van der Waals surface area (Å²) in [5.41, 5.74) is -1.03. The molecule has 1 aliphatic rings. The van der Waals surface area contributed by atoms with Crippen LogP contribution >= 0.6 is 0 Å². The zero-order valence-corrected chi connectivity index (χ0v) is 26.5. The Kier molecular flexibility index (Phi) is 9.82. The summed E-state index contributed by atoms with van der Waals surface area (Å²) in [6.07, 6.45) is 1.53. The first-order valence-corrected chi connectivity index (χ1v) is 15.1. The number of benzene rings is 3. The number of carbonyl (C=O) groups is 1. The second kappa shape index (κ2) is 14.5. The predicted octanol–water partition coefficient (Wildman–Crippen LogP) is 4.58. The number of fused-ring (bicyclic) bond motifs is 1. The Morgan fingerprint density at radius 2 is 1.61 bits per heavy atom. The van der Waals surface area contributed by atoms with Crippen molar-refractivity contribution in [3.05, 3.63) is 106 Å². The lowest BCUT2D eigenvalue weighted by Gasteiger charge is -2.26. The van der Waals surface area contributed by atoms with E-state index in [0.29, 0.717) is 61.0 Å². The van der Waals surface area contributed by atoms with Crippen LogP contribution in [0.5, 0.6) is 28.7 Å². The molecular weight excluding hydrogens is 644 g/mol. The number of amides is 1. The Morgan fingerprint density at radius 1 is 0.878 bits per heavy atom. The third kappa shape index (κ3) is 7.37. The Bertz CT molecular complexity index is 2110. The summed E-state index contributed by atoms with van der Waals surface area (Å²) in [6.45, 7) is 3.07. The second-order valence-corrected chi connectivity index (χ2v) is 10.8. The first-order chi connectivity index (χ1) is 23.7. The van der Waals surface area contributed by atoms with E-state index in [1.807, 2.05) is 0 Å². The fraction of sp³-hybridized carbons (Fsp3) is 0.235. The van der Waals surface area contributed by atoms with Gasteiger partial charge in [-0.2, -0.15) is 0 Å². The smallest absolute Gasteiger partial charge is 0.417 e. The zero-order valence-electron chi connectivity index (χ0n) is 26.5. The Balaban J connectivity index is 1.22. The first kappa shape index (κ1) is 33.1. The lowest BCUT2D eigenvalue weighted by Crippen LogP contribution is -2.43. The highest BCUT2D eigenvalue weighted by molar-refractivity contribution is 5.88. The normalized spacial score (nSPS) is 13.2. The molecule has 0 unspecified atom stereocenters. The number of halogens is 2. The molecule has 0 radical (unpaired) electrons. The molecule has 1 saturated heterocycles. The van der Waals surface area contributed by atoms with Crippen molar-refractivity contribution in [2.45, 2.75) is 6.54 Å². The van der Waals surface area contributed by atoms with Gasteiger partial charge in [0, 0.05) is 55.6 Å². The average Bonchev–Trinajstić information content (AvgIpc) is 3.11. The molecule has 3 heterocycles. The van der Waals surface area contributed by atoms with Gasteiger partial charge < -0.3 is 23.7 Å². The molecule has 13 nitrogen and oxygen atoms in total. The van der Waals surface area contributed by atoms with Crippen LogP contribution in [0.15, 0.2) is 82.6 Å². The maximum absolute atomic E-state index is 15.2. The SMILES string of the molecule is COc1cc2nccc(Oc3ccc(NC(=O)Oc4cn(CCN5CCOCC5)c(=O)n(-c5ccc(F)cc5)c4=O)cc3F)c2cc1OC. The summed E-state index contributed by atoms with van der Waals surface area (Å²) in [6, 6.07) is 13.3. The van der Waals surface area contributed by atoms with Crippen LogP contribution < -0.4 is 35.5 Å². The highest BCUT2D eigenvalue weighted by Crippen LogP contribution is 2.37. The van der Waals surface area contributed by atoms with Gasteiger partial charge in [0.25, 0.3) is 0 Å². The molecule has 0 spiro atoms. The predicted molar refractivity (Wildman–Crippen MR) is 174 cm³/mol. The second-order valence-electron chi connectivity index (χ2n) is 10.8. The van der Waals surface area contributed by atoms with E-state index in [1.54, 1.807) is 18.2 Å². The summed E-state index contributed by atoms with van der Waals surface area (Å²) in [7, 11) is 2.99. The number of morpholine rings is 1. The number of aromatic nitrogens is 3. The molecule has 49 heavy (non-hydrogen) atoms. The average molecular weight is 676 g/mol. The van der Waals surface area contributed by atoms with E-state index in [4.69, 9.17) is 23.7 Å². The summed E-state index contributed by atoms with van der Waals surface area (Å²) in [5, 5.41) is 2.93. The number of carbonyl (C=O) groups excluding carboxylic acids is 1. The molecule has 0 saturated carbocycles. The van der Waals surface area contributed by atoms with Gasteiger partial charge in [0.15, 0.2) is 23.1 Å². The van der Waals surface area contributed by atoms with Crippen molar-refractivity contribution in [2.24, 2.45) is 0 Å². The van der Waals surface area contributed by atoms with Gasteiger partial charge in [0.2, 0.25) is 5.75 Å². The minimum absolute atomic E-state index is 0.000316. The fourth-order valence-corrected chi connectivity index (χ4v) is 5.26. The number of methoxy groups -OCH3 is 2. The van der Waals surface area contributed by atoms with Gasteiger partial charge in [-0.1, -0.05) is 0 Å². The molecular formula is C34H31F2N5O8. The molecule has 15 heteroatoms. The van der Waals surface area contributed by atoms with Crippen molar-refractivity contribution in [3.8, 4) is 34.4 Å². The summed E-state index contributed by atoms with van der Waals surface area (Å²) < 4.78 is 58.2. The number of hydrogen-bond acceptors (Lipinski definition) is 10. The lowest BCUT2D eigenvalue weighted by atomic mass is 10.2. The van der Waals surface area contributed by atoms with Crippen LogP contribution in [0, 0.1) is 11.6 Å². The summed E-state index contributed by atoms with van der Waals surface area (Å²) >= 11 is 0. The number of anilines is 1. The molecule has 0 atom stereocenters. The van der Waals surface area contributed by atoms with Gasteiger partial charge in [-0.05, 0) is 48.5 Å². The van der Waals surface area contributed by atoms with Gasteiger partial charge in [-0.25, -0.2) is 22.9 Å². The molecule has 0 bridgehead atoms. The third-order valence-corrected chi connectivity index (χ3v) is 7.78. The van der Waals surface area contributed by atoms with Crippen molar-refractivity contribution in [1.29, 1.82) is 0 Å². The third-order valence-electron chi connectivity index (χ3n) is 7.78. The summed E-state index contributed by atoms with van der Waals surface area (Å²) in [4.78, 5) is 46.1. The number of ether oxygens (including phenoxy) is 5. The Labute approximate surface area is 277 Å². The quantitative estimate of drug-likeness (QED) is 0.224. The topological polar surface area (TPSA) is 135 Å². The van der Waals surface area contributed by atoms with E-state index in [-0.39, 0.29) is 23.7 Å². The van der Waals surface area contributed by atoms with Crippen molar-refractivity contribution in [3.63, 3.8) is 0 Å². The van der Waals surface area contributed by atoms with Crippen LogP contribution in [0.3, 0.4) is 0 Å². The van der Waals surface area contributed by atoms with Gasteiger partial charge >= 0.3 is 17.3 Å². The van der Waals surface area contributed by atoms with E-state index in [0.717, 1.165) is 29.0 Å². The van der Waals surface area contributed by atoms with Crippen LogP contribution in [0.25, 0.3) is 16.6 Å². The molecule has 0 aliphatic carbocycles. The van der Waals surface area contributed by atoms with Crippen LogP contribution in [-0.2, 0) is 11.3 Å². The molecule has 1 aliphatic heterocycles. The van der Waals surface area contributed by atoms with E-state index in [2.05, 4.69) is 15.2 Å². The van der Waals surface area contributed by atoms with E-state index in [9.17, 15) is 18.8 Å². The van der Waals surface area contributed by atoms with Crippen LogP contribution in [-0.4, -0.2) is 72.2 Å². The highest BCUT2D eigenvalue weighted by atomic mass is 19.1. The number of nitrogens with zero attached hydrogens (tertiary/aromatic N) is 4. The highest BCUT2D eigenvalue weighted by Gasteiger charge is 2.20. The number of nitrogens with one attached hydrogen (secondary N) is 1.